The van der Waals surface area contributed by atoms with E-state index in [0.29, 0.717) is 5.92 Å². The van der Waals surface area contributed by atoms with Crippen molar-refractivity contribution in [3.05, 3.63) is 35.9 Å². The van der Waals surface area contributed by atoms with Crippen LogP contribution < -0.4 is 5.32 Å². The van der Waals surface area contributed by atoms with Crippen molar-refractivity contribution >= 4 is 0 Å². The van der Waals surface area contributed by atoms with Gasteiger partial charge in [0.15, 0.2) is 0 Å². The van der Waals surface area contributed by atoms with Gasteiger partial charge in [-0.2, -0.15) is 0 Å². The quantitative estimate of drug-likeness (QED) is 0.838. The molecule has 18 heavy (non-hydrogen) atoms. The van der Waals surface area contributed by atoms with Crippen molar-refractivity contribution in [2.24, 2.45) is 5.92 Å². The fourth-order valence-corrected chi connectivity index (χ4v) is 2.88. The molecule has 0 radical (unpaired) electrons. The highest BCUT2D eigenvalue weighted by atomic mass is 16.3. The smallest absolute Gasteiger partial charge is 0.0718 e. The summed E-state index contributed by atoms with van der Waals surface area (Å²) in [6, 6.07) is 10.6. The molecule has 0 spiro atoms. The molecule has 1 aliphatic carbocycles. The van der Waals surface area contributed by atoms with Gasteiger partial charge in [0, 0.05) is 12.6 Å². The maximum Gasteiger partial charge on any atom is 0.0718 e. The van der Waals surface area contributed by atoms with Crippen LogP contribution in [-0.4, -0.2) is 17.3 Å². The van der Waals surface area contributed by atoms with Crippen LogP contribution in [0.2, 0.25) is 0 Å². The number of benzene rings is 1. The minimum absolute atomic E-state index is 0.174. The third-order valence-corrected chi connectivity index (χ3v) is 4.12. The Labute approximate surface area is 110 Å². The molecule has 1 saturated carbocycles. The van der Waals surface area contributed by atoms with Crippen LogP contribution in [0, 0.1) is 5.92 Å². The first-order valence-electron chi connectivity index (χ1n) is 7.23. The number of nitrogens with one attached hydrogen (secondary N) is 1. The summed E-state index contributed by atoms with van der Waals surface area (Å²) in [5.41, 5.74) is 1.28. The SMILES string of the molecule is C[C@H](NCc1ccccc1)[C@H](O)C1CCCCC1. The van der Waals surface area contributed by atoms with Crippen LogP contribution in [0.25, 0.3) is 0 Å². The monoisotopic (exact) mass is 247 g/mol. The van der Waals surface area contributed by atoms with Crippen LogP contribution in [0.15, 0.2) is 30.3 Å². The molecule has 1 aromatic rings. The first-order chi connectivity index (χ1) is 8.77. The number of hydrogen-bond donors (Lipinski definition) is 2. The minimum atomic E-state index is -0.200. The fourth-order valence-electron chi connectivity index (χ4n) is 2.88. The molecule has 0 saturated heterocycles. The van der Waals surface area contributed by atoms with Crippen LogP contribution in [0.5, 0.6) is 0 Å². The molecule has 0 unspecified atom stereocenters. The lowest BCUT2D eigenvalue weighted by Gasteiger charge is -2.31. The van der Waals surface area contributed by atoms with Crippen molar-refractivity contribution in [1.82, 2.24) is 5.32 Å². The molecule has 2 nitrogen and oxygen atoms in total. The summed E-state index contributed by atoms with van der Waals surface area (Å²) in [7, 11) is 0. The molecule has 2 rings (SSSR count). The van der Waals surface area contributed by atoms with E-state index in [9.17, 15) is 5.11 Å². The van der Waals surface area contributed by atoms with Crippen LogP contribution in [0.1, 0.15) is 44.6 Å². The van der Waals surface area contributed by atoms with Gasteiger partial charge in [-0.1, -0.05) is 49.6 Å². The highest BCUT2D eigenvalue weighted by molar-refractivity contribution is 5.14. The first-order valence-corrected chi connectivity index (χ1v) is 7.23. The first kappa shape index (κ1) is 13.6. The Kier molecular flexibility index (Phi) is 5.21. The van der Waals surface area contributed by atoms with Gasteiger partial charge in [-0.05, 0) is 31.2 Å². The van der Waals surface area contributed by atoms with E-state index >= 15 is 0 Å². The standard InChI is InChI=1S/C16H25NO/c1-13(16(18)15-10-6-3-7-11-15)17-12-14-8-4-2-5-9-14/h2,4-5,8-9,13,15-18H,3,6-7,10-12H2,1H3/t13-,16-/m0/s1. The van der Waals surface area contributed by atoms with Gasteiger partial charge >= 0.3 is 0 Å². The normalized spacial score (nSPS) is 20.6. The van der Waals surface area contributed by atoms with Crippen LogP contribution >= 0.6 is 0 Å². The molecular weight excluding hydrogens is 222 g/mol. The van der Waals surface area contributed by atoms with E-state index < -0.39 is 0 Å². The van der Waals surface area contributed by atoms with Gasteiger partial charge in [-0.25, -0.2) is 0 Å². The van der Waals surface area contributed by atoms with Gasteiger partial charge in [0.05, 0.1) is 6.10 Å². The highest BCUT2D eigenvalue weighted by Crippen LogP contribution is 2.27. The molecule has 0 bridgehead atoms. The zero-order valence-electron chi connectivity index (χ0n) is 11.3. The van der Waals surface area contributed by atoms with Gasteiger partial charge in [0.1, 0.15) is 0 Å². The Balaban J connectivity index is 1.78. The van der Waals surface area contributed by atoms with Crippen molar-refractivity contribution in [2.75, 3.05) is 0 Å². The summed E-state index contributed by atoms with van der Waals surface area (Å²) in [6.07, 6.45) is 6.10. The summed E-state index contributed by atoms with van der Waals surface area (Å²) in [6.45, 7) is 2.94. The van der Waals surface area contributed by atoms with E-state index in [1.54, 1.807) is 0 Å². The van der Waals surface area contributed by atoms with Gasteiger partial charge < -0.3 is 10.4 Å². The molecule has 2 atom stereocenters. The fraction of sp³-hybridized carbons (Fsp3) is 0.625. The summed E-state index contributed by atoms with van der Waals surface area (Å²) < 4.78 is 0. The number of rotatable bonds is 5. The number of aliphatic hydroxyl groups is 1. The molecule has 2 heteroatoms. The molecule has 100 valence electrons. The van der Waals surface area contributed by atoms with E-state index in [2.05, 4.69) is 36.5 Å². The zero-order chi connectivity index (χ0) is 12.8. The molecule has 1 fully saturated rings. The predicted molar refractivity (Wildman–Crippen MR) is 75.3 cm³/mol. The van der Waals surface area contributed by atoms with E-state index in [1.165, 1.54) is 37.7 Å². The molecule has 0 heterocycles. The average molecular weight is 247 g/mol. The lowest BCUT2D eigenvalue weighted by Crippen LogP contribution is -2.42. The van der Waals surface area contributed by atoms with Crippen LogP contribution in [0.4, 0.5) is 0 Å². The Morgan fingerprint density at radius 1 is 1.17 bits per heavy atom. The van der Waals surface area contributed by atoms with E-state index in [-0.39, 0.29) is 12.1 Å². The average Bonchev–Trinajstić information content (AvgIpc) is 2.46. The van der Waals surface area contributed by atoms with Crippen molar-refractivity contribution < 1.29 is 5.11 Å². The lowest BCUT2D eigenvalue weighted by molar-refractivity contribution is 0.0550. The maximum atomic E-state index is 10.4. The Morgan fingerprint density at radius 3 is 2.50 bits per heavy atom. The molecule has 0 aromatic heterocycles. The Bertz CT molecular complexity index is 332. The molecule has 1 aromatic carbocycles. The summed E-state index contributed by atoms with van der Waals surface area (Å²) in [5.74, 6) is 0.497. The minimum Gasteiger partial charge on any atom is -0.391 e. The topological polar surface area (TPSA) is 32.3 Å². The zero-order valence-corrected chi connectivity index (χ0v) is 11.3. The third-order valence-electron chi connectivity index (χ3n) is 4.12. The van der Waals surface area contributed by atoms with Gasteiger partial charge in [-0.3, -0.25) is 0 Å². The Morgan fingerprint density at radius 2 is 1.83 bits per heavy atom. The second-order valence-corrected chi connectivity index (χ2v) is 5.54. The summed E-state index contributed by atoms with van der Waals surface area (Å²) in [5, 5.41) is 13.8. The van der Waals surface area contributed by atoms with E-state index in [0.717, 1.165) is 6.54 Å². The van der Waals surface area contributed by atoms with Crippen molar-refractivity contribution in [3.63, 3.8) is 0 Å². The van der Waals surface area contributed by atoms with Crippen LogP contribution in [-0.2, 0) is 6.54 Å². The molecule has 0 aliphatic heterocycles. The summed E-state index contributed by atoms with van der Waals surface area (Å²) >= 11 is 0. The number of aliphatic hydroxyl groups excluding tert-OH is 1. The lowest BCUT2D eigenvalue weighted by atomic mass is 9.83. The predicted octanol–water partition coefficient (Wildman–Crippen LogP) is 3.11. The molecular formula is C16H25NO. The van der Waals surface area contributed by atoms with E-state index in [4.69, 9.17) is 0 Å². The summed E-state index contributed by atoms with van der Waals surface area (Å²) in [4.78, 5) is 0. The van der Waals surface area contributed by atoms with Crippen molar-refractivity contribution in [3.8, 4) is 0 Å². The van der Waals surface area contributed by atoms with Gasteiger partial charge in [0.25, 0.3) is 0 Å². The van der Waals surface area contributed by atoms with Gasteiger partial charge in [0.2, 0.25) is 0 Å². The molecule has 2 N–H and O–H groups in total. The molecule has 1 aliphatic rings. The third kappa shape index (κ3) is 3.82. The van der Waals surface area contributed by atoms with E-state index in [1.807, 2.05) is 6.07 Å². The van der Waals surface area contributed by atoms with Crippen molar-refractivity contribution in [2.45, 2.75) is 57.7 Å². The number of hydrogen-bond acceptors (Lipinski definition) is 2. The Hall–Kier alpha value is -0.860. The highest BCUT2D eigenvalue weighted by Gasteiger charge is 2.25. The van der Waals surface area contributed by atoms with Crippen LogP contribution in [0.3, 0.4) is 0 Å². The largest absolute Gasteiger partial charge is 0.391 e. The van der Waals surface area contributed by atoms with Crippen molar-refractivity contribution in [1.29, 1.82) is 0 Å². The second kappa shape index (κ2) is 6.91. The molecule has 0 amide bonds. The van der Waals surface area contributed by atoms with Gasteiger partial charge in [-0.15, -0.1) is 0 Å². The maximum absolute atomic E-state index is 10.4. The second-order valence-electron chi connectivity index (χ2n) is 5.54.